The summed E-state index contributed by atoms with van der Waals surface area (Å²) < 4.78 is 1.79. The number of amides is 1. The topological polar surface area (TPSA) is 72.9 Å². The lowest BCUT2D eigenvalue weighted by atomic mass is 10.3. The molecular formula is C9H16N4O. The molecule has 0 aliphatic rings. The Morgan fingerprint density at radius 1 is 1.79 bits per heavy atom. The Morgan fingerprint density at radius 2 is 2.50 bits per heavy atom. The third-order valence-corrected chi connectivity index (χ3v) is 2.02. The zero-order valence-corrected chi connectivity index (χ0v) is 8.53. The van der Waals surface area contributed by atoms with Crippen LogP contribution in [0.1, 0.15) is 12.6 Å². The molecule has 14 heavy (non-hydrogen) atoms. The fourth-order valence-corrected chi connectivity index (χ4v) is 1.12. The zero-order chi connectivity index (χ0) is 10.6. The standard InChI is InChI=1S/C9H16N4O/c1-7(10)9(14)11-5-3-8-4-6-12-13(8)2/h4,6-7H,3,5,10H2,1-2H3,(H,11,14)/t7-/m1/s1. The Bertz CT molecular complexity index is 306. The van der Waals surface area contributed by atoms with Crippen LogP contribution in [0.3, 0.4) is 0 Å². The molecule has 78 valence electrons. The Hall–Kier alpha value is -1.36. The Labute approximate surface area is 83.3 Å². The number of aryl methyl sites for hydroxylation is 1. The lowest BCUT2D eigenvalue weighted by molar-refractivity contribution is -0.121. The molecule has 0 saturated carbocycles. The van der Waals surface area contributed by atoms with E-state index in [1.807, 2.05) is 13.1 Å². The van der Waals surface area contributed by atoms with E-state index in [-0.39, 0.29) is 5.91 Å². The Morgan fingerprint density at radius 3 is 3.00 bits per heavy atom. The summed E-state index contributed by atoms with van der Waals surface area (Å²) in [5.41, 5.74) is 6.49. The highest BCUT2D eigenvalue weighted by Gasteiger charge is 2.06. The van der Waals surface area contributed by atoms with Crippen LogP contribution in [0.5, 0.6) is 0 Å². The summed E-state index contributed by atoms with van der Waals surface area (Å²) in [6.45, 7) is 2.26. The van der Waals surface area contributed by atoms with Crippen molar-refractivity contribution in [2.24, 2.45) is 12.8 Å². The molecule has 5 heteroatoms. The van der Waals surface area contributed by atoms with Gasteiger partial charge in [0.05, 0.1) is 6.04 Å². The Balaban J connectivity index is 2.29. The van der Waals surface area contributed by atoms with Crippen LogP contribution in [-0.4, -0.2) is 28.3 Å². The zero-order valence-electron chi connectivity index (χ0n) is 8.53. The molecule has 0 bridgehead atoms. The van der Waals surface area contributed by atoms with Crippen molar-refractivity contribution in [1.29, 1.82) is 0 Å². The van der Waals surface area contributed by atoms with Crippen molar-refractivity contribution in [1.82, 2.24) is 15.1 Å². The van der Waals surface area contributed by atoms with E-state index in [9.17, 15) is 4.79 Å². The van der Waals surface area contributed by atoms with Crippen molar-refractivity contribution < 1.29 is 4.79 Å². The number of hydrogen-bond donors (Lipinski definition) is 2. The minimum atomic E-state index is -0.443. The van der Waals surface area contributed by atoms with Crippen LogP contribution >= 0.6 is 0 Å². The van der Waals surface area contributed by atoms with Crippen LogP contribution in [-0.2, 0) is 18.3 Å². The van der Waals surface area contributed by atoms with Gasteiger partial charge in [-0.05, 0) is 13.0 Å². The van der Waals surface area contributed by atoms with Gasteiger partial charge in [0, 0.05) is 31.9 Å². The number of rotatable bonds is 4. The van der Waals surface area contributed by atoms with Crippen LogP contribution in [0.15, 0.2) is 12.3 Å². The van der Waals surface area contributed by atoms with Gasteiger partial charge in [-0.15, -0.1) is 0 Å². The number of aromatic nitrogens is 2. The van der Waals surface area contributed by atoms with Crippen LogP contribution < -0.4 is 11.1 Å². The number of nitrogens with one attached hydrogen (secondary N) is 1. The van der Waals surface area contributed by atoms with Gasteiger partial charge in [-0.2, -0.15) is 5.10 Å². The van der Waals surface area contributed by atoms with Crippen molar-refractivity contribution in [2.75, 3.05) is 6.54 Å². The minimum Gasteiger partial charge on any atom is -0.354 e. The number of nitrogens with zero attached hydrogens (tertiary/aromatic N) is 2. The molecule has 0 spiro atoms. The molecule has 0 saturated heterocycles. The predicted octanol–water partition coefficient (Wildman–Crippen LogP) is -0.574. The molecule has 0 unspecified atom stereocenters. The summed E-state index contributed by atoms with van der Waals surface area (Å²) in [5, 5.41) is 6.77. The molecule has 5 nitrogen and oxygen atoms in total. The number of nitrogens with two attached hydrogens (primary N) is 1. The van der Waals surface area contributed by atoms with Gasteiger partial charge in [0.25, 0.3) is 0 Å². The van der Waals surface area contributed by atoms with Gasteiger partial charge in [-0.1, -0.05) is 0 Å². The van der Waals surface area contributed by atoms with E-state index in [4.69, 9.17) is 5.73 Å². The molecule has 1 heterocycles. The average Bonchev–Trinajstić information content (AvgIpc) is 2.51. The smallest absolute Gasteiger partial charge is 0.236 e. The quantitative estimate of drug-likeness (QED) is 0.677. The molecule has 0 fully saturated rings. The molecule has 0 radical (unpaired) electrons. The van der Waals surface area contributed by atoms with Crippen LogP contribution in [0.25, 0.3) is 0 Å². The second-order valence-corrected chi connectivity index (χ2v) is 3.28. The van der Waals surface area contributed by atoms with Crippen molar-refractivity contribution in [3.63, 3.8) is 0 Å². The molecule has 1 amide bonds. The molecule has 1 atom stereocenters. The first kappa shape index (κ1) is 10.7. The Kier molecular flexibility index (Phi) is 3.64. The van der Waals surface area contributed by atoms with E-state index in [0.29, 0.717) is 6.54 Å². The lowest BCUT2D eigenvalue weighted by Gasteiger charge is -2.07. The summed E-state index contributed by atoms with van der Waals surface area (Å²) in [5.74, 6) is -0.118. The monoisotopic (exact) mass is 196 g/mol. The average molecular weight is 196 g/mol. The van der Waals surface area contributed by atoms with E-state index in [0.717, 1.165) is 12.1 Å². The maximum absolute atomic E-state index is 11.1. The van der Waals surface area contributed by atoms with Crippen molar-refractivity contribution >= 4 is 5.91 Å². The molecule has 1 rings (SSSR count). The largest absolute Gasteiger partial charge is 0.354 e. The van der Waals surface area contributed by atoms with E-state index in [1.165, 1.54) is 0 Å². The highest BCUT2D eigenvalue weighted by atomic mass is 16.2. The highest BCUT2D eigenvalue weighted by molar-refractivity contribution is 5.80. The molecule has 0 aliphatic heterocycles. The van der Waals surface area contributed by atoms with E-state index < -0.39 is 6.04 Å². The van der Waals surface area contributed by atoms with Crippen molar-refractivity contribution in [2.45, 2.75) is 19.4 Å². The summed E-state index contributed by atoms with van der Waals surface area (Å²) >= 11 is 0. The number of carbonyl (C=O) groups excluding carboxylic acids is 1. The van der Waals surface area contributed by atoms with Gasteiger partial charge in [-0.25, -0.2) is 0 Å². The molecule has 3 N–H and O–H groups in total. The molecule has 0 aliphatic carbocycles. The minimum absolute atomic E-state index is 0.118. The summed E-state index contributed by atoms with van der Waals surface area (Å²) in [4.78, 5) is 11.1. The van der Waals surface area contributed by atoms with Gasteiger partial charge in [0.1, 0.15) is 0 Å². The highest BCUT2D eigenvalue weighted by Crippen LogP contribution is 1.95. The van der Waals surface area contributed by atoms with Gasteiger partial charge in [0.2, 0.25) is 5.91 Å². The van der Waals surface area contributed by atoms with Gasteiger partial charge < -0.3 is 11.1 Å². The first-order chi connectivity index (χ1) is 6.61. The van der Waals surface area contributed by atoms with E-state index >= 15 is 0 Å². The third kappa shape index (κ3) is 2.85. The lowest BCUT2D eigenvalue weighted by Crippen LogP contribution is -2.39. The van der Waals surface area contributed by atoms with E-state index in [2.05, 4.69) is 10.4 Å². The van der Waals surface area contributed by atoms with Crippen LogP contribution in [0, 0.1) is 0 Å². The summed E-state index contributed by atoms with van der Waals surface area (Å²) in [6, 6.07) is 1.49. The maximum atomic E-state index is 11.1. The van der Waals surface area contributed by atoms with Gasteiger partial charge in [-0.3, -0.25) is 9.48 Å². The van der Waals surface area contributed by atoms with Crippen LogP contribution in [0.4, 0.5) is 0 Å². The SMILES string of the molecule is C[C@@H](N)C(=O)NCCc1ccnn1C. The normalized spacial score (nSPS) is 12.5. The molecule has 1 aromatic rings. The van der Waals surface area contributed by atoms with Crippen LogP contribution in [0.2, 0.25) is 0 Å². The first-order valence-electron chi connectivity index (χ1n) is 4.61. The molecular weight excluding hydrogens is 180 g/mol. The fraction of sp³-hybridized carbons (Fsp3) is 0.556. The number of hydrogen-bond acceptors (Lipinski definition) is 3. The van der Waals surface area contributed by atoms with Gasteiger partial charge in [0.15, 0.2) is 0 Å². The summed E-state index contributed by atoms with van der Waals surface area (Å²) in [7, 11) is 1.88. The van der Waals surface area contributed by atoms with Gasteiger partial charge >= 0.3 is 0 Å². The molecule has 1 aromatic heterocycles. The number of carbonyl (C=O) groups is 1. The molecule has 0 aromatic carbocycles. The fourth-order valence-electron chi connectivity index (χ4n) is 1.12. The third-order valence-electron chi connectivity index (χ3n) is 2.02. The van der Waals surface area contributed by atoms with Crippen molar-refractivity contribution in [3.05, 3.63) is 18.0 Å². The predicted molar refractivity (Wildman–Crippen MR) is 53.6 cm³/mol. The second kappa shape index (κ2) is 4.76. The summed E-state index contributed by atoms with van der Waals surface area (Å²) in [6.07, 6.45) is 2.51. The first-order valence-corrected chi connectivity index (χ1v) is 4.61. The maximum Gasteiger partial charge on any atom is 0.236 e. The van der Waals surface area contributed by atoms with E-state index in [1.54, 1.807) is 17.8 Å². The van der Waals surface area contributed by atoms with Crippen molar-refractivity contribution in [3.8, 4) is 0 Å². The second-order valence-electron chi connectivity index (χ2n) is 3.28.